The van der Waals surface area contributed by atoms with Gasteiger partial charge >= 0.3 is 0 Å². The normalized spacial score (nSPS) is 11.6. The van der Waals surface area contributed by atoms with Crippen LogP contribution in [0, 0.1) is 0 Å². The Balaban J connectivity index is 1.21. The van der Waals surface area contributed by atoms with Crippen LogP contribution >= 0.6 is 0 Å². The van der Waals surface area contributed by atoms with Crippen LogP contribution in [0.1, 0.15) is 0 Å². The van der Waals surface area contributed by atoms with Gasteiger partial charge in [0.05, 0.1) is 33.5 Å². The van der Waals surface area contributed by atoms with Crippen LogP contribution in [-0.4, -0.2) is 19.1 Å². The fraction of sp³-hybridized carbons (Fsp3) is 0. The summed E-state index contributed by atoms with van der Waals surface area (Å²) in [5, 5.41) is 4.91. The second-order valence-corrected chi connectivity index (χ2v) is 14.2. The van der Waals surface area contributed by atoms with Crippen molar-refractivity contribution in [1.29, 1.82) is 0 Å². The first-order valence-corrected chi connectivity index (χ1v) is 19.0. The molecular formula is C52H34N4. The van der Waals surface area contributed by atoms with Crippen LogP contribution in [0.5, 0.6) is 0 Å². The smallest absolute Gasteiger partial charge is 0.160 e. The summed E-state index contributed by atoms with van der Waals surface area (Å²) in [5.41, 5.74) is 14.0. The number of fused-ring (bicyclic) bond motifs is 7. The first kappa shape index (κ1) is 31.9. The Hall–Kier alpha value is -7.56. The van der Waals surface area contributed by atoms with E-state index in [1.165, 1.54) is 38.1 Å². The van der Waals surface area contributed by atoms with Gasteiger partial charge in [-0.2, -0.15) is 0 Å². The average Bonchev–Trinajstić information content (AvgIpc) is 3.80. The van der Waals surface area contributed by atoms with E-state index in [0.717, 1.165) is 56.1 Å². The Kier molecular flexibility index (Phi) is 7.46. The fourth-order valence-electron chi connectivity index (χ4n) is 8.44. The molecule has 4 heteroatoms. The highest BCUT2D eigenvalue weighted by atomic mass is 15.0. The van der Waals surface area contributed by atoms with E-state index >= 15 is 0 Å². The summed E-state index contributed by atoms with van der Waals surface area (Å²) in [6.07, 6.45) is 0. The monoisotopic (exact) mass is 714 g/mol. The first-order chi connectivity index (χ1) is 27.8. The van der Waals surface area contributed by atoms with Crippen LogP contribution < -0.4 is 0 Å². The molecule has 0 spiro atoms. The topological polar surface area (TPSA) is 35.6 Å². The third kappa shape index (κ3) is 5.15. The maximum atomic E-state index is 5.26. The highest BCUT2D eigenvalue weighted by molar-refractivity contribution is 6.26. The molecule has 0 saturated carbocycles. The number of nitrogens with zero attached hydrogens (tertiary/aromatic N) is 4. The summed E-state index contributed by atoms with van der Waals surface area (Å²) in [5.74, 6) is 0.699. The summed E-state index contributed by atoms with van der Waals surface area (Å²) in [6.45, 7) is 0. The quantitative estimate of drug-likeness (QED) is 0.172. The summed E-state index contributed by atoms with van der Waals surface area (Å²) in [7, 11) is 0. The van der Waals surface area contributed by atoms with E-state index in [9.17, 15) is 0 Å². The van der Waals surface area contributed by atoms with Gasteiger partial charge in [-0.25, -0.2) is 9.97 Å². The van der Waals surface area contributed by atoms with Gasteiger partial charge in [-0.05, 0) is 59.7 Å². The van der Waals surface area contributed by atoms with Crippen molar-refractivity contribution >= 4 is 43.6 Å². The lowest BCUT2D eigenvalue weighted by Crippen LogP contribution is -1.99. The molecule has 11 aromatic rings. The SMILES string of the molecule is c1ccc(-c2cc(-c3ccc(-n4c5ccccc5c5ccc6c(c7ccccc7n6-c6ccccc6)c54)cc3-c3ccccc3)nc(-c3ccccc3)n2)cc1. The van der Waals surface area contributed by atoms with E-state index in [1.807, 2.05) is 24.3 Å². The van der Waals surface area contributed by atoms with Gasteiger partial charge in [-0.1, -0.05) is 158 Å². The van der Waals surface area contributed by atoms with Crippen molar-refractivity contribution in [1.82, 2.24) is 19.1 Å². The van der Waals surface area contributed by atoms with Crippen molar-refractivity contribution in [2.24, 2.45) is 0 Å². The van der Waals surface area contributed by atoms with Crippen LogP contribution in [0.25, 0.3) is 100 Å². The minimum Gasteiger partial charge on any atom is -0.309 e. The van der Waals surface area contributed by atoms with Crippen LogP contribution in [0.2, 0.25) is 0 Å². The van der Waals surface area contributed by atoms with E-state index < -0.39 is 0 Å². The molecule has 0 bridgehead atoms. The molecule has 0 N–H and O–H groups in total. The Labute approximate surface area is 324 Å². The highest BCUT2D eigenvalue weighted by Crippen LogP contribution is 2.43. The van der Waals surface area contributed by atoms with Gasteiger partial charge in [0.2, 0.25) is 0 Å². The predicted octanol–water partition coefficient (Wildman–Crippen LogP) is 13.3. The molecule has 0 saturated heterocycles. The molecule has 0 aliphatic heterocycles. The Morgan fingerprint density at radius 2 is 0.893 bits per heavy atom. The van der Waals surface area contributed by atoms with Gasteiger partial charge in [0.25, 0.3) is 0 Å². The molecule has 8 aromatic carbocycles. The molecule has 56 heavy (non-hydrogen) atoms. The van der Waals surface area contributed by atoms with Gasteiger partial charge in [0, 0.05) is 49.6 Å². The molecule has 0 aliphatic carbocycles. The molecule has 0 atom stereocenters. The Morgan fingerprint density at radius 3 is 1.61 bits per heavy atom. The lowest BCUT2D eigenvalue weighted by atomic mass is 9.95. The predicted molar refractivity (Wildman–Crippen MR) is 232 cm³/mol. The van der Waals surface area contributed by atoms with E-state index in [1.54, 1.807) is 0 Å². The number of para-hydroxylation sites is 3. The number of aromatic nitrogens is 4. The Morgan fingerprint density at radius 1 is 0.321 bits per heavy atom. The van der Waals surface area contributed by atoms with Crippen molar-refractivity contribution in [2.75, 3.05) is 0 Å². The van der Waals surface area contributed by atoms with E-state index in [-0.39, 0.29) is 0 Å². The van der Waals surface area contributed by atoms with Crippen LogP contribution in [0.15, 0.2) is 206 Å². The average molecular weight is 715 g/mol. The highest BCUT2D eigenvalue weighted by Gasteiger charge is 2.22. The third-order valence-corrected chi connectivity index (χ3v) is 10.9. The number of benzene rings is 8. The molecule has 0 aliphatic rings. The van der Waals surface area contributed by atoms with Crippen molar-refractivity contribution in [2.45, 2.75) is 0 Å². The third-order valence-electron chi connectivity index (χ3n) is 10.9. The maximum Gasteiger partial charge on any atom is 0.160 e. The van der Waals surface area contributed by atoms with Crippen LogP contribution in [0.4, 0.5) is 0 Å². The summed E-state index contributed by atoms with van der Waals surface area (Å²) < 4.78 is 4.87. The van der Waals surface area contributed by atoms with Gasteiger partial charge < -0.3 is 9.13 Å². The fourth-order valence-corrected chi connectivity index (χ4v) is 8.44. The zero-order valence-corrected chi connectivity index (χ0v) is 30.4. The standard InChI is InChI=1S/C52H34N4/c1-5-17-35(18-6-1)44-33-39(29-30-40(44)46-34-45(36-19-7-2-8-20-36)53-52(54-46)37-21-9-3-10-22-37)56-47-27-15-13-25-41(47)42-31-32-49-50(51(42)56)43-26-14-16-28-48(43)55(49)38-23-11-4-12-24-38/h1-34H. The zero-order valence-electron chi connectivity index (χ0n) is 30.4. The molecule has 0 radical (unpaired) electrons. The molecular weight excluding hydrogens is 681 g/mol. The van der Waals surface area contributed by atoms with E-state index in [2.05, 4.69) is 191 Å². The molecule has 262 valence electrons. The second-order valence-electron chi connectivity index (χ2n) is 14.2. The minimum absolute atomic E-state index is 0.699. The Bertz CT molecular complexity index is 3160. The molecule has 3 heterocycles. The summed E-state index contributed by atoms with van der Waals surface area (Å²) >= 11 is 0. The molecule has 0 amide bonds. The van der Waals surface area contributed by atoms with Gasteiger partial charge in [-0.3, -0.25) is 0 Å². The lowest BCUT2D eigenvalue weighted by molar-refractivity contribution is 1.17. The molecule has 11 rings (SSSR count). The molecule has 0 fully saturated rings. The van der Waals surface area contributed by atoms with Crippen molar-refractivity contribution in [3.05, 3.63) is 206 Å². The number of hydrogen-bond donors (Lipinski definition) is 0. The minimum atomic E-state index is 0.699. The number of hydrogen-bond acceptors (Lipinski definition) is 2. The van der Waals surface area contributed by atoms with Crippen molar-refractivity contribution in [3.63, 3.8) is 0 Å². The van der Waals surface area contributed by atoms with Gasteiger partial charge in [0.15, 0.2) is 5.82 Å². The first-order valence-electron chi connectivity index (χ1n) is 19.0. The van der Waals surface area contributed by atoms with E-state index in [0.29, 0.717) is 5.82 Å². The number of rotatable bonds is 6. The van der Waals surface area contributed by atoms with E-state index in [4.69, 9.17) is 9.97 Å². The maximum absolute atomic E-state index is 5.26. The zero-order chi connectivity index (χ0) is 37.0. The molecule has 4 nitrogen and oxygen atoms in total. The van der Waals surface area contributed by atoms with Gasteiger partial charge in [0.1, 0.15) is 0 Å². The second kappa shape index (κ2) is 13.1. The van der Waals surface area contributed by atoms with Gasteiger partial charge in [-0.15, -0.1) is 0 Å². The van der Waals surface area contributed by atoms with Crippen molar-refractivity contribution in [3.8, 4) is 56.4 Å². The molecule has 3 aromatic heterocycles. The summed E-state index contributed by atoms with van der Waals surface area (Å²) in [4.78, 5) is 10.4. The van der Waals surface area contributed by atoms with Crippen molar-refractivity contribution < 1.29 is 0 Å². The lowest BCUT2D eigenvalue weighted by Gasteiger charge is -2.16. The van der Waals surface area contributed by atoms with Crippen LogP contribution in [0.3, 0.4) is 0 Å². The molecule has 0 unspecified atom stereocenters. The van der Waals surface area contributed by atoms with Crippen LogP contribution in [-0.2, 0) is 0 Å². The largest absolute Gasteiger partial charge is 0.309 e. The summed E-state index contributed by atoms with van der Waals surface area (Å²) in [6, 6.07) is 73.2.